The molecule has 1 unspecified atom stereocenters. The number of alkyl halides is 3. The van der Waals surface area contributed by atoms with Crippen molar-refractivity contribution in [2.24, 2.45) is 0 Å². The average Bonchev–Trinajstić information content (AvgIpc) is 3.21. The third-order valence-electron chi connectivity index (χ3n) is 4.83. The lowest BCUT2D eigenvalue weighted by Gasteiger charge is -2.28. The van der Waals surface area contributed by atoms with E-state index in [1.54, 1.807) is 0 Å². The summed E-state index contributed by atoms with van der Waals surface area (Å²) in [6, 6.07) is 0. The number of unbranched alkanes of at least 4 members (excludes halogenated alkanes) is 1. The molecule has 1 aliphatic heterocycles. The number of hydrogen-bond acceptors (Lipinski definition) is 3. The SMILES string of the molecule is C=C(NNC1CCC(=O)N1C(F)(F)F)/C(=C\C=C1CCCC1)CCCC. The van der Waals surface area contributed by atoms with E-state index in [-0.39, 0.29) is 17.7 Å². The fraction of sp³-hybridized carbons (Fsp3) is 0.632. The van der Waals surface area contributed by atoms with E-state index in [9.17, 15) is 18.0 Å². The molecule has 0 aromatic heterocycles. The first kappa shape index (κ1) is 20.6. The second-order valence-electron chi connectivity index (χ2n) is 6.86. The van der Waals surface area contributed by atoms with Crippen LogP contribution in [-0.4, -0.2) is 23.3 Å². The van der Waals surface area contributed by atoms with E-state index >= 15 is 0 Å². The largest absolute Gasteiger partial charge is 0.488 e. The van der Waals surface area contributed by atoms with Crippen molar-refractivity contribution in [3.63, 3.8) is 0 Å². The Bertz CT molecular complexity index is 573. The van der Waals surface area contributed by atoms with Crippen molar-refractivity contribution in [2.75, 3.05) is 0 Å². The minimum absolute atomic E-state index is 0.0524. The lowest BCUT2D eigenvalue weighted by atomic mass is 10.0. The number of halogens is 3. The molecule has 0 spiro atoms. The maximum absolute atomic E-state index is 13.0. The van der Waals surface area contributed by atoms with Crippen molar-refractivity contribution >= 4 is 5.91 Å². The molecule has 1 amide bonds. The van der Waals surface area contributed by atoms with Gasteiger partial charge in [0.25, 0.3) is 0 Å². The molecule has 1 heterocycles. The Balaban J connectivity index is 1.99. The van der Waals surface area contributed by atoms with Gasteiger partial charge in [0.15, 0.2) is 0 Å². The van der Waals surface area contributed by atoms with Gasteiger partial charge >= 0.3 is 6.30 Å². The van der Waals surface area contributed by atoms with Gasteiger partial charge in [0.1, 0.15) is 6.17 Å². The Morgan fingerprint density at radius 1 is 1.31 bits per heavy atom. The van der Waals surface area contributed by atoms with E-state index in [0.717, 1.165) is 37.7 Å². The van der Waals surface area contributed by atoms with Gasteiger partial charge in [-0.2, -0.15) is 0 Å². The number of carbonyl (C=O) groups is 1. The Morgan fingerprint density at radius 3 is 2.62 bits per heavy atom. The third-order valence-corrected chi connectivity index (χ3v) is 4.83. The molecule has 0 aromatic rings. The Hall–Kier alpha value is -1.76. The van der Waals surface area contributed by atoms with Crippen LogP contribution in [0.4, 0.5) is 13.2 Å². The van der Waals surface area contributed by atoms with Crippen LogP contribution in [0.5, 0.6) is 0 Å². The number of likely N-dealkylation sites (tertiary alicyclic amines) is 1. The van der Waals surface area contributed by atoms with Crippen LogP contribution in [0.1, 0.15) is 64.7 Å². The molecule has 0 radical (unpaired) electrons. The molecule has 1 saturated heterocycles. The van der Waals surface area contributed by atoms with Crippen LogP contribution in [-0.2, 0) is 4.79 Å². The highest BCUT2D eigenvalue weighted by atomic mass is 19.4. The molecule has 146 valence electrons. The third kappa shape index (κ3) is 5.62. The Kier molecular flexibility index (Phi) is 7.32. The molecule has 0 aromatic carbocycles. The lowest BCUT2D eigenvalue weighted by molar-refractivity contribution is -0.247. The predicted octanol–water partition coefficient (Wildman–Crippen LogP) is 4.68. The number of carbonyl (C=O) groups excluding carboxylic acids is 1. The van der Waals surface area contributed by atoms with Gasteiger partial charge in [-0.1, -0.05) is 37.6 Å². The maximum Gasteiger partial charge on any atom is 0.488 e. The maximum atomic E-state index is 13.0. The quantitative estimate of drug-likeness (QED) is 0.370. The zero-order valence-electron chi connectivity index (χ0n) is 15.3. The highest BCUT2D eigenvalue weighted by Gasteiger charge is 2.48. The Labute approximate surface area is 153 Å². The fourth-order valence-electron chi connectivity index (χ4n) is 3.31. The summed E-state index contributed by atoms with van der Waals surface area (Å²) in [6.07, 6.45) is 5.80. The van der Waals surface area contributed by atoms with E-state index in [2.05, 4.69) is 30.4 Å². The molecule has 2 aliphatic rings. The molecule has 1 aliphatic carbocycles. The van der Waals surface area contributed by atoms with Gasteiger partial charge < -0.3 is 5.43 Å². The second kappa shape index (κ2) is 9.26. The first-order chi connectivity index (χ1) is 12.3. The van der Waals surface area contributed by atoms with Crippen molar-refractivity contribution in [3.8, 4) is 0 Å². The summed E-state index contributed by atoms with van der Waals surface area (Å²) in [6.45, 7) is 6.05. The summed E-state index contributed by atoms with van der Waals surface area (Å²) in [5.41, 5.74) is 8.35. The van der Waals surface area contributed by atoms with Gasteiger partial charge in [-0.25, -0.2) is 10.3 Å². The topological polar surface area (TPSA) is 44.4 Å². The van der Waals surface area contributed by atoms with Crippen LogP contribution in [0.15, 0.2) is 35.6 Å². The molecule has 7 heteroatoms. The number of amides is 1. The van der Waals surface area contributed by atoms with Crippen LogP contribution in [0.3, 0.4) is 0 Å². The van der Waals surface area contributed by atoms with E-state index in [4.69, 9.17) is 0 Å². The van der Waals surface area contributed by atoms with Crippen LogP contribution in [0.25, 0.3) is 0 Å². The minimum Gasteiger partial charge on any atom is -0.320 e. The van der Waals surface area contributed by atoms with Crippen LogP contribution >= 0.6 is 0 Å². The lowest BCUT2D eigenvalue weighted by Crippen LogP contribution is -2.54. The number of nitrogens with one attached hydrogen (secondary N) is 2. The minimum atomic E-state index is -4.68. The number of hydrogen-bond donors (Lipinski definition) is 2. The van der Waals surface area contributed by atoms with E-state index < -0.39 is 18.4 Å². The smallest absolute Gasteiger partial charge is 0.320 e. The molecule has 1 saturated carbocycles. The number of rotatable bonds is 8. The zero-order valence-corrected chi connectivity index (χ0v) is 15.3. The molecule has 2 fully saturated rings. The van der Waals surface area contributed by atoms with Gasteiger partial charge in [-0.05, 0) is 50.5 Å². The van der Waals surface area contributed by atoms with Gasteiger partial charge in [0.05, 0.1) is 0 Å². The highest BCUT2D eigenvalue weighted by molar-refractivity contribution is 5.79. The summed E-state index contributed by atoms with van der Waals surface area (Å²) in [5, 5.41) is 0. The summed E-state index contributed by atoms with van der Waals surface area (Å²) < 4.78 is 39.0. The first-order valence-electron chi connectivity index (χ1n) is 9.31. The molecule has 0 bridgehead atoms. The standard InChI is InChI=1S/C19H28F3N3O/c1-3-4-9-16(11-10-15-7-5-6-8-15)14(2)23-24-17-12-13-18(26)25(17)19(20,21)22/h10-11,17,23-24H,2-9,12-13H2,1H3/b16-11-. The van der Waals surface area contributed by atoms with Crippen LogP contribution < -0.4 is 10.9 Å². The molecule has 1 atom stereocenters. The predicted molar refractivity (Wildman–Crippen MR) is 95.5 cm³/mol. The van der Waals surface area contributed by atoms with E-state index in [1.165, 1.54) is 18.4 Å². The molecule has 4 nitrogen and oxygen atoms in total. The highest BCUT2D eigenvalue weighted by Crippen LogP contribution is 2.30. The van der Waals surface area contributed by atoms with Gasteiger partial charge in [-0.15, -0.1) is 13.2 Å². The van der Waals surface area contributed by atoms with Crippen molar-refractivity contribution in [2.45, 2.75) is 77.2 Å². The molecule has 2 N–H and O–H groups in total. The molecule has 2 rings (SSSR count). The van der Waals surface area contributed by atoms with Crippen LogP contribution in [0, 0.1) is 0 Å². The fourth-order valence-corrected chi connectivity index (χ4v) is 3.31. The summed E-state index contributed by atoms with van der Waals surface area (Å²) in [5.74, 6) is -0.907. The van der Waals surface area contributed by atoms with Crippen molar-refractivity contribution in [3.05, 3.63) is 35.6 Å². The van der Waals surface area contributed by atoms with E-state index in [0.29, 0.717) is 5.70 Å². The second-order valence-corrected chi connectivity index (χ2v) is 6.86. The summed E-state index contributed by atoms with van der Waals surface area (Å²) in [4.78, 5) is 11.4. The number of hydrazine groups is 1. The van der Waals surface area contributed by atoms with Crippen molar-refractivity contribution in [1.82, 2.24) is 15.8 Å². The normalized spacial score (nSPS) is 21.5. The average molecular weight is 371 g/mol. The number of nitrogens with zero attached hydrogens (tertiary/aromatic N) is 1. The molecular weight excluding hydrogens is 343 g/mol. The molecular formula is C19H28F3N3O. The summed E-state index contributed by atoms with van der Waals surface area (Å²) >= 11 is 0. The van der Waals surface area contributed by atoms with Crippen LogP contribution in [0.2, 0.25) is 0 Å². The molecule has 26 heavy (non-hydrogen) atoms. The van der Waals surface area contributed by atoms with Gasteiger partial charge in [0, 0.05) is 12.1 Å². The Morgan fingerprint density at radius 2 is 2.00 bits per heavy atom. The van der Waals surface area contributed by atoms with Crippen molar-refractivity contribution < 1.29 is 18.0 Å². The first-order valence-corrected chi connectivity index (χ1v) is 9.31. The number of allylic oxidation sites excluding steroid dienone is 4. The summed E-state index contributed by atoms with van der Waals surface area (Å²) in [7, 11) is 0. The zero-order chi connectivity index (χ0) is 19.2. The van der Waals surface area contributed by atoms with Gasteiger partial charge in [0.2, 0.25) is 5.91 Å². The monoisotopic (exact) mass is 371 g/mol. The van der Waals surface area contributed by atoms with Crippen molar-refractivity contribution in [1.29, 1.82) is 0 Å². The van der Waals surface area contributed by atoms with Gasteiger partial charge in [-0.3, -0.25) is 4.79 Å². The van der Waals surface area contributed by atoms with E-state index in [1.807, 2.05) is 6.08 Å².